The van der Waals surface area contributed by atoms with Crippen molar-refractivity contribution in [3.8, 4) is 0 Å². The third kappa shape index (κ3) is 9.09. The van der Waals surface area contributed by atoms with E-state index < -0.39 is 0 Å². The lowest BCUT2D eigenvalue weighted by molar-refractivity contribution is 0.140. The van der Waals surface area contributed by atoms with E-state index in [0.717, 1.165) is 50.8 Å². The van der Waals surface area contributed by atoms with E-state index in [1.54, 1.807) is 0 Å². The maximum absolute atomic E-state index is 4.79. The van der Waals surface area contributed by atoms with Crippen molar-refractivity contribution in [2.24, 2.45) is 10.9 Å². The quantitative estimate of drug-likeness (QED) is 0.233. The van der Waals surface area contributed by atoms with Crippen LogP contribution in [0.15, 0.2) is 11.1 Å². The molecule has 1 aromatic rings. The predicted molar refractivity (Wildman–Crippen MR) is 129 cm³/mol. The van der Waals surface area contributed by atoms with Crippen molar-refractivity contribution in [1.29, 1.82) is 0 Å². The normalized spacial score (nSPS) is 17.2. The Hall–Kier alpha value is -0.870. The van der Waals surface area contributed by atoms with Gasteiger partial charge in [-0.05, 0) is 46.2 Å². The van der Waals surface area contributed by atoms with Crippen molar-refractivity contribution in [1.82, 2.24) is 30.2 Å². The monoisotopic (exact) mass is 505 g/mol. The second kappa shape index (κ2) is 13.4. The van der Waals surface area contributed by atoms with Gasteiger partial charge in [0.15, 0.2) is 5.96 Å². The highest BCUT2D eigenvalue weighted by molar-refractivity contribution is 14.0. The molecule has 1 atom stereocenters. The summed E-state index contributed by atoms with van der Waals surface area (Å²) in [4.78, 5) is 9.76. The number of rotatable bonds is 9. The molecule has 2 N–H and O–H groups in total. The van der Waals surface area contributed by atoms with Crippen molar-refractivity contribution in [2.75, 3.05) is 59.4 Å². The molecule has 2 rings (SSSR count). The van der Waals surface area contributed by atoms with E-state index in [-0.39, 0.29) is 24.0 Å². The molecule has 1 saturated heterocycles. The van der Waals surface area contributed by atoms with E-state index in [9.17, 15) is 0 Å². The highest BCUT2D eigenvalue weighted by Crippen LogP contribution is 2.05. The number of hydrogen-bond donors (Lipinski definition) is 2. The minimum atomic E-state index is 0. The molecule has 0 saturated carbocycles. The van der Waals surface area contributed by atoms with Crippen LogP contribution in [0.3, 0.4) is 0 Å². The van der Waals surface area contributed by atoms with Crippen molar-refractivity contribution >= 4 is 29.9 Å². The number of aromatic nitrogens is 2. The second-order valence-electron chi connectivity index (χ2n) is 7.86. The Bertz CT molecular complexity index is 579. The van der Waals surface area contributed by atoms with Crippen LogP contribution in [-0.2, 0) is 6.54 Å². The summed E-state index contributed by atoms with van der Waals surface area (Å²) < 4.78 is 2.08. The second-order valence-corrected chi connectivity index (χ2v) is 7.86. The minimum absolute atomic E-state index is 0. The number of guanidine groups is 1. The third-order valence-electron chi connectivity index (χ3n) is 5.01. The van der Waals surface area contributed by atoms with E-state index >= 15 is 0 Å². The first kappa shape index (κ1) is 25.2. The molecule has 1 unspecified atom stereocenters. The number of aliphatic imine (C=N–C) groups is 1. The fourth-order valence-corrected chi connectivity index (χ4v) is 3.45. The van der Waals surface area contributed by atoms with Gasteiger partial charge in [0, 0.05) is 64.6 Å². The van der Waals surface area contributed by atoms with Gasteiger partial charge in [-0.3, -0.25) is 9.67 Å². The maximum Gasteiger partial charge on any atom is 0.191 e. The summed E-state index contributed by atoms with van der Waals surface area (Å²) in [5.41, 5.74) is 2.32. The fraction of sp³-hybridized carbons (Fsp3) is 0.800. The predicted octanol–water partition coefficient (Wildman–Crippen LogP) is 1.95. The highest BCUT2D eigenvalue weighted by Gasteiger charge is 2.15. The Balaban J connectivity index is 0.00000392. The number of halogens is 1. The Morgan fingerprint density at radius 3 is 2.54 bits per heavy atom. The van der Waals surface area contributed by atoms with Crippen LogP contribution >= 0.6 is 24.0 Å². The molecule has 0 amide bonds. The van der Waals surface area contributed by atoms with Crippen LogP contribution < -0.4 is 10.6 Å². The van der Waals surface area contributed by atoms with Crippen molar-refractivity contribution in [2.45, 2.75) is 40.7 Å². The van der Waals surface area contributed by atoms with E-state index in [0.29, 0.717) is 5.92 Å². The molecule has 1 fully saturated rings. The molecular formula is C20H40IN7. The molecule has 0 bridgehead atoms. The molecule has 162 valence electrons. The van der Waals surface area contributed by atoms with Gasteiger partial charge in [-0.2, -0.15) is 5.10 Å². The number of nitrogens with zero attached hydrogens (tertiary/aromatic N) is 5. The zero-order valence-corrected chi connectivity index (χ0v) is 20.7. The summed E-state index contributed by atoms with van der Waals surface area (Å²) in [5.74, 6) is 1.50. The van der Waals surface area contributed by atoms with Gasteiger partial charge in [0.2, 0.25) is 0 Å². The topological polar surface area (TPSA) is 60.7 Å². The standard InChI is InChI=1S/C20H39N7.HI/c1-6-21-20(22-8-7-9-27-19(4)14-18(3)24-27)23-15-17(2)16-26-12-10-25(5)11-13-26;/h14,17H,6-13,15-16H2,1-5H3,(H2,21,22,23);1H. The number of piperazine rings is 1. The van der Waals surface area contributed by atoms with Gasteiger partial charge in [0.05, 0.1) is 5.69 Å². The van der Waals surface area contributed by atoms with Crippen molar-refractivity contribution in [3.05, 3.63) is 17.5 Å². The minimum Gasteiger partial charge on any atom is -0.357 e. The Labute approximate surface area is 188 Å². The van der Waals surface area contributed by atoms with Crippen LogP contribution in [0.25, 0.3) is 0 Å². The maximum atomic E-state index is 4.79. The van der Waals surface area contributed by atoms with Gasteiger partial charge >= 0.3 is 0 Å². The van der Waals surface area contributed by atoms with Crippen LogP contribution in [0.5, 0.6) is 0 Å². The van der Waals surface area contributed by atoms with Crippen LogP contribution in [0.1, 0.15) is 31.7 Å². The lowest BCUT2D eigenvalue weighted by atomic mass is 10.1. The van der Waals surface area contributed by atoms with Gasteiger partial charge in [0.25, 0.3) is 0 Å². The zero-order chi connectivity index (χ0) is 19.6. The van der Waals surface area contributed by atoms with E-state index in [1.165, 1.54) is 31.9 Å². The highest BCUT2D eigenvalue weighted by atomic mass is 127. The van der Waals surface area contributed by atoms with Crippen molar-refractivity contribution in [3.63, 3.8) is 0 Å². The van der Waals surface area contributed by atoms with Gasteiger partial charge in [-0.1, -0.05) is 6.92 Å². The molecule has 0 spiro atoms. The molecule has 1 aliphatic rings. The molecule has 1 aliphatic heterocycles. The lowest BCUT2D eigenvalue weighted by Crippen LogP contribution is -2.46. The molecule has 2 heterocycles. The number of aryl methyl sites for hydroxylation is 3. The molecule has 28 heavy (non-hydrogen) atoms. The summed E-state index contributed by atoms with van der Waals surface area (Å²) in [5, 5.41) is 11.3. The first-order chi connectivity index (χ1) is 13.0. The van der Waals surface area contributed by atoms with E-state index in [4.69, 9.17) is 4.99 Å². The molecule has 0 aliphatic carbocycles. The third-order valence-corrected chi connectivity index (χ3v) is 5.01. The van der Waals surface area contributed by atoms with Crippen LogP contribution in [-0.4, -0.2) is 84.9 Å². The molecule has 0 radical (unpaired) electrons. The number of hydrogen-bond acceptors (Lipinski definition) is 4. The van der Waals surface area contributed by atoms with Gasteiger partial charge in [-0.15, -0.1) is 24.0 Å². The van der Waals surface area contributed by atoms with Crippen LogP contribution in [0.2, 0.25) is 0 Å². The average Bonchev–Trinajstić information content (AvgIpc) is 2.95. The van der Waals surface area contributed by atoms with E-state index in [1.807, 2.05) is 6.92 Å². The van der Waals surface area contributed by atoms with Crippen LogP contribution in [0.4, 0.5) is 0 Å². The smallest absolute Gasteiger partial charge is 0.191 e. The van der Waals surface area contributed by atoms with Crippen LogP contribution in [0, 0.1) is 19.8 Å². The number of likely N-dealkylation sites (N-methyl/N-ethyl adjacent to an activating group) is 1. The summed E-state index contributed by atoms with van der Waals surface area (Å²) in [6.07, 6.45) is 1.03. The largest absolute Gasteiger partial charge is 0.357 e. The summed E-state index contributed by atoms with van der Waals surface area (Å²) in [6.45, 7) is 18.0. The van der Waals surface area contributed by atoms with Gasteiger partial charge in [0.1, 0.15) is 0 Å². The molecule has 8 heteroatoms. The van der Waals surface area contributed by atoms with Gasteiger partial charge in [-0.25, -0.2) is 0 Å². The molecule has 7 nitrogen and oxygen atoms in total. The fourth-order valence-electron chi connectivity index (χ4n) is 3.45. The molecule has 1 aromatic heterocycles. The molecule has 0 aromatic carbocycles. The summed E-state index contributed by atoms with van der Waals surface area (Å²) in [6, 6.07) is 2.13. The van der Waals surface area contributed by atoms with E-state index in [2.05, 4.69) is 64.1 Å². The summed E-state index contributed by atoms with van der Waals surface area (Å²) >= 11 is 0. The van der Waals surface area contributed by atoms with Crippen molar-refractivity contribution < 1.29 is 0 Å². The Kier molecular flexibility index (Phi) is 12.0. The lowest BCUT2D eigenvalue weighted by Gasteiger charge is -2.33. The Morgan fingerprint density at radius 2 is 1.93 bits per heavy atom. The molecular weight excluding hydrogens is 465 g/mol. The SMILES string of the molecule is CCNC(=NCC(C)CN1CCN(C)CC1)NCCCn1nc(C)cc1C.I. The first-order valence-corrected chi connectivity index (χ1v) is 10.4. The zero-order valence-electron chi connectivity index (χ0n) is 18.4. The van der Waals surface area contributed by atoms with Gasteiger partial charge < -0.3 is 20.4 Å². The Morgan fingerprint density at radius 1 is 1.21 bits per heavy atom. The average molecular weight is 505 g/mol. The number of nitrogens with one attached hydrogen (secondary N) is 2. The summed E-state index contributed by atoms with van der Waals surface area (Å²) in [7, 11) is 2.20. The first-order valence-electron chi connectivity index (χ1n) is 10.4.